The number of morpholine rings is 2. The monoisotopic (exact) mass is 924 g/mol. The van der Waals surface area contributed by atoms with Gasteiger partial charge in [0.1, 0.15) is 20.2 Å². The minimum absolute atomic E-state index is 0. The van der Waals surface area contributed by atoms with Crippen LogP contribution in [-0.4, -0.2) is 108 Å². The first-order valence-corrected chi connectivity index (χ1v) is 22.0. The largest absolute Gasteiger partial charge is 1.00 e. The number of ether oxygens (including phenoxy) is 2. The molecular weight excluding hydrogens is 887 g/mol. The quantitative estimate of drug-likeness (QED) is 0.0561. The maximum Gasteiger partial charge on any atom is 1.00 e. The Hall–Kier alpha value is -4.82. The van der Waals surface area contributed by atoms with Gasteiger partial charge >= 0.3 is 59.1 Å². The molecule has 0 radical (unpaired) electrons. The summed E-state index contributed by atoms with van der Waals surface area (Å²) in [6, 6.07) is 26.4. The van der Waals surface area contributed by atoms with Crippen LogP contribution in [0.3, 0.4) is 0 Å². The Morgan fingerprint density at radius 3 is 1.12 bits per heavy atom. The molecule has 4 N–H and O–H groups in total. The molecule has 2 aromatic heterocycles. The molecule has 0 amide bonds. The van der Waals surface area contributed by atoms with Crippen molar-refractivity contribution in [3.05, 3.63) is 108 Å². The van der Waals surface area contributed by atoms with Crippen LogP contribution in [0.15, 0.2) is 107 Å². The van der Waals surface area contributed by atoms with Crippen LogP contribution >= 0.6 is 0 Å². The summed E-state index contributed by atoms with van der Waals surface area (Å²) in [6.45, 7) is 4.04. The molecule has 24 heteroatoms. The zero-order valence-corrected chi connectivity index (χ0v) is 40.3. The third kappa shape index (κ3) is 12.9. The van der Waals surface area contributed by atoms with Crippen molar-refractivity contribution in [2.24, 2.45) is 0 Å². The fraction of sp³-hybridized carbons (Fsp3) is 0.200. The van der Waals surface area contributed by atoms with Crippen molar-refractivity contribution in [1.29, 1.82) is 0 Å². The van der Waals surface area contributed by atoms with Crippen LogP contribution in [0.5, 0.6) is 0 Å². The molecule has 2 saturated heterocycles. The first kappa shape index (κ1) is 48.6. The fourth-order valence-electron chi connectivity index (χ4n) is 6.43. The molecule has 2 aliphatic heterocycles. The predicted octanol–water partition coefficient (Wildman–Crippen LogP) is -1.31. The Labute approximate surface area is 413 Å². The Morgan fingerprint density at radius 2 is 0.797 bits per heavy atom. The van der Waals surface area contributed by atoms with Gasteiger partial charge in [0.05, 0.1) is 36.2 Å². The summed E-state index contributed by atoms with van der Waals surface area (Å²) in [7, 11) is -10.2. The van der Waals surface area contributed by atoms with E-state index in [0.29, 0.717) is 64.5 Å². The second kappa shape index (κ2) is 21.9. The number of anilines is 10. The van der Waals surface area contributed by atoms with E-state index in [1.807, 2.05) is 70.5 Å². The topological polar surface area (TPSA) is 265 Å². The molecule has 0 unspecified atom stereocenters. The summed E-state index contributed by atoms with van der Waals surface area (Å²) in [6.07, 6.45) is 2.46. The van der Waals surface area contributed by atoms with E-state index in [1.54, 1.807) is 0 Å². The molecule has 2 fully saturated rings. The van der Waals surface area contributed by atoms with Crippen molar-refractivity contribution >= 4 is 90.8 Å². The van der Waals surface area contributed by atoms with Gasteiger partial charge in [-0.1, -0.05) is 60.7 Å². The van der Waals surface area contributed by atoms with Crippen molar-refractivity contribution in [2.75, 3.05) is 83.7 Å². The number of hydrogen-bond donors (Lipinski definition) is 4. The zero-order valence-electron chi connectivity index (χ0n) is 34.7. The maximum absolute atomic E-state index is 12.6. The van der Waals surface area contributed by atoms with Crippen LogP contribution in [0.2, 0.25) is 0 Å². The molecule has 4 heterocycles. The standard InChI is InChI=1S/C40H40N12O8S2.2Na/c53-61(54,55)33-25-31(43-37-45-35(41-29-7-3-1-4-8-29)47-39(49-37)51-17-21-59-22-18-51)15-13-27(33)11-12-28-14-16-32(26-34(28)62(56,57)58)44-38-46-36(42-30-9-5-2-6-10-30)48-40(50-38)52-19-23-60-24-20-52;;/h1-16,25-26H,17-24H2,(H,53,54,55)(H,56,57,58)(H2,41,43,45,47,49)(H2,42,44,46,48,50);;/q;2*+1/p-2/b12-11+;;. The van der Waals surface area contributed by atoms with E-state index in [2.05, 4.69) is 51.2 Å². The van der Waals surface area contributed by atoms with Gasteiger partial charge in [-0.05, 0) is 59.7 Å². The van der Waals surface area contributed by atoms with Crippen molar-refractivity contribution in [3.63, 3.8) is 0 Å². The van der Waals surface area contributed by atoms with E-state index in [-0.39, 0.29) is 105 Å². The molecule has 20 nitrogen and oxygen atoms in total. The van der Waals surface area contributed by atoms with Crippen LogP contribution in [-0.2, 0) is 29.7 Å². The number of nitrogens with zero attached hydrogens (tertiary/aromatic N) is 8. The smallest absolute Gasteiger partial charge is 0.744 e. The Kier molecular flexibility index (Phi) is 16.6. The molecule has 0 saturated carbocycles. The molecule has 0 bridgehead atoms. The molecule has 64 heavy (non-hydrogen) atoms. The molecular formula is C40H38N12Na2O8S2. The average molecular weight is 925 g/mol. The number of nitrogens with one attached hydrogen (secondary N) is 4. The second-order valence-electron chi connectivity index (χ2n) is 13.7. The van der Waals surface area contributed by atoms with Crippen LogP contribution < -0.4 is 90.2 Å². The van der Waals surface area contributed by atoms with Crippen molar-refractivity contribution in [3.8, 4) is 0 Å². The normalized spacial score (nSPS) is 14.3. The van der Waals surface area contributed by atoms with E-state index in [4.69, 9.17) is 9.47 Å². The van der Waals surface area contributed by atoms with Gasteiger partial charge in [0.25, 0.3) is 0 Å². The molecule has 320 valence electrons. The summed E-state index contributed by atoms with van der Waals surface area (Å²) in [5.74, 6) is 1.26. The van der Waals surface area contributed by atoms with Gasteiger partial charge in [-0.3, -0.25) is 0 Å². The van der Waals surface area contributed by atoms with Crippen molar-refractivity contribution < 1.29 is 94.5 Å². The number of para-hydroxylation sites is 2. The summed E-state index contributed by atoms with van der Waals surface area (Å²) < 4.78 is 86.6. The van der Waals surface area contributed by atoms with Gasteiger partial charge in [-0.25, -0.2) is 16.8 Å². The maximum atomic E-state index is 12.6. The van der Waals surface area contributed by atoms with Crippen LogP contribution in [0.4, 0.5) is 58.4 Å². The minimum Gasteiger partial charge on any atom is -0.744 e. The SMILES string of the molecule is O=S(=O)([O-])c1cc(Nc2nc(Nc3ccccc3)nc(N3CCOCC3)n2)ccc1/C=C/c1ccc(Nc2nc(Nc3ccccc3)nc(N3CCOCC3)n2)cc1S(=O)(=O)[O-].[Na+].[Na+]. The second-order valence-corrected chi connectivity index (χ2v) is 16.4. The molecule has 8 rings (SSSR count). The van der Waals surface area contributed by atoms with E-state index in [0.717, 1.165) is 23.5 Å². The predicted molar refractivity (Wildman–Crippen MR) is 229 cm³/mol. The van der Waals surface area contributed by atoms with E-state index < -0.39 is 30.0 Å². The number of hydrogen-bond acceptors (Lipinski definition) is 20. The van der Waals surface area contributed by atoms with E-state index in [9.17, 15) is 25.9 Å². The number of aromatic nitrogens is 6. The average Bonchev–Trinajstić information content (AvgIpc) is 3.27. The van der Waals surface area contributed by atoms with Crippen molar-refractivity contribution in [1.82, 2.24) is 29.9 Å². The molecule has 6 aromatic rings. The van der Waals surface area contributed by atoms with E-state index in [1.165, 1.54) is 36.4 Å². The third-order valence-corrected chi connectivity index (χ3v) is 11.2. The van der Waals surface area contributed by atoms with Gasteiger partial charge in [-0.15, -0.1) is 0 Å². The molecule has 0 spiro atoms. The zero-order chi connectivity index (χ0) is 43.1. The van der Waals surface area contributed by atoms with Crippen molar-refractivity contribution in [2.45, 2.75) is 9.79 Å². The Balaban J connectivity index is 0.00000340. The fourth-order valence-corrected chi connectivity index (χ4v) is 7.83. The Bertz CT molecular complexity index is 2620. The third-order valence-electron chi connectivity index (χ3n) is 9.42. The first-order chi connectivity index (χ1) is 29.9. The molecule has 0 aliphatic carbocycles. The van der Waals surface area contributed by atoms with Crippen LogP contribution in [0.25, 0.3) is 12.2 Å². The summed E-state index contributed by atoms with van der Waals surface area (Å²) in [5.41, 5.74) is 1.63. The Morgan fingerprint density at radius 1 is 0.469 bits per heavy atom. The minimum atomic E-state index is -5.10. The van der Waals surface area contributed by atoms with Crippen LogP contribution in [0, 0.1) is 0 Å². The first-order valence-electron chi connectivity index (χ1n) is 19.2. The molecule has 2 aliphatic rings. The molecule has 0 atom stereocenters. The van der Waals surface area contributed by atoms with Gasteiger partial charge in [0.15, 0.2) is 0 Å². The number of rotatable bonds is 14. The summed E-state index contributed by atoms with van der Waals surface area (Å²) in [4.78, 5) is 29.7. The summed E-state index contributed by atoms with van der Waals surface area (Å²) >= 11 is 0. The van der Waals surface area contributed by atoms with Gasteiger partial charge in [0.2, 0.25) is 35.7 Å². The summed E-state index contributed by atoms with van der Waals surface area (Å²) in [5, 5.41) is 12.2. The van der Waals surface area contributed by atoms with Gasteiger partial charge in [-0.2, -0.15) is 29.9 Å². The number of benzene rings is 4. The van der Waals surface area contributed by atoms with E-state index >= 15 is 0 Å². The van der Waals surface area contributed by atoms with Crippen LogP contribution in [0.1, 0.15) is 11.1 Å². The van der Waals surface area contributed by atoms with Gasteiger partial charge in [0, 0.05) is 48.9 Å². The van der Waals surface area contributed by atoms with Gasteiger partial charge < -0.3 is 49.6 Å². The molecule has 4 aromatic carbocycles.